The highest BCUT2D eigenvalue weighted by molar-refractivity contribution is 5.94. The van der Waals surface area contributed by atoms with Gasteiger partial charge in [0.25, 0.3) is 0 Å². The Morgan fingerprint density at radius 1 is 0.738 bits per heavy atom. The van der Waals surface area contributed by atoms with E-state index >= 15 is 0 Å². The Morgan fingerprint density at radius 2 is 1.26 bits per heavy atom. The topological polar surface area (TPSA) is 182 Å². The molecule has 0 aliphatic heterocycles. The predicted molar refractivity (Wildman–Crippen MR) is 161 cm³/mol. The van der Waals surface area contributed by atoms with Crippen LogP contribution in [0.15, 0.2) is 60.9 Å². The van der Waals surface area contributed by atoms with E-state index in [1.807, 2.05) is 68.6 Å². The molecule has 4 unspecified atom stereocenters. The molecule has 8 N–H and O–H groups in total. The second-order valence-corrected chi connectivity index (χ2v) is 11.1. The first-order chi connectivity index (χ1) is 20.0. The second-order valence-electron chi connectivity index (χ2n) is 11.1. The molecule has 4 atom stereocenters. The SMILES string of the molecule is CC(C)CC(NC(=O)C(C)NC(=O)C(N)Cc1c[nH]c2ccccc12)C(=O)NC(Cc1c[nH]c2ccccc12)C(=O)O. The average Bonchev–Trinajstić information content (AvgIpc) is 3.56. The number of nitrogens with two attached hydrogens (primary N) is 1. The molecule has 4 rings (SSSR count). The molecular formula is C31H38N6O5. The summed E-state index contributed by atoms with van der Waals surface area (Å²) in [7, 11) is 0. The van der Waals surface area contributed by atoms with Crippen molar-refractivity contribution in [2.24, 2.45) is 11.7 Å². The van der Waals surface area contributed by atoms with Crippen molar-refractivity contribution in [3.63, 3.8) is 0 Å². The molecule has 2 heterocycles. The fourth-order valence-electron chi connectivity index (χ4n) is 5.01. The number of carboxylic acid groups (broad SMARTS) is 1. The molecule has 11 nitrogen and oxygen atoms in total. The van der Waals surface area contributed by atoms with Crippen LogP contribution in [0.5, 0.6) is 0 Å². The van der Waals surface area contributed by atoms with Crippen LogP contribution in [0.3, 0.4) is 0 Å². The number of hydrogen-bond donors (Lipinski definition) is 7. The van der Waals surface area contributed by atoms with Gasteiger partial charge in [-0.1, -0.05) is 50.2 Å². The maximum absolute atomic E-state index is 13.3. The summed E-state index contributed by atoms with van der Waals surface area (Å²) in [5.41, 5.74) is 9.60. The fraction of sp³-hybridized carbons (Fsp3) is 0.355. The zero-order valence-electron chi connectivity index (χ0n) is 23.9. The van der Waals surface area contributed by atoms with Gasteiger partial charge in [0.05, 0.1) is 6.04 Å². The van der Waals surface area contributed by atoms with Gasteiger partial charge in [0.1, 0.15) is 18.1 Å². The lowest BCUT2D eigenvalue weighted by molar-refractivity contribution is -0.142. The molecule has 0 fully saturated rings. The molecule has 0 radical (unpaired) electrons. The van der Waals surface area contributed by atoms with Crippen molar-refractivity contribution < 1.29 is 24.3 Å². The van der Waals surface area contributed by atoms with E-state index in [0.717, 1.165) is 32.9 Å². The number of nitrogens with one attached hydrogen (secondary N) is 5. The van der Waals surface area contributed by atoms with Crippen LogP contribution in [-0.2, 0) is 32.0 Å². The molecule has 0 aliphatic carbocycles. The minimum atomic E-state index is -1.21. The highest BCUT2D eigenvalue weighted by atomic mass is 16.4. The Kier molecular flexibility index (Phi) is 9.64. The molecule has 3 amide bonds. The van der Waals surface area contributed by atoms with Gasteiger partial charge in [-0.15, -0.1) is 0 Å². The number of para-hydroxylation sites is 2. The molecule has 222 valence electrons. The summed E-state index contributed by atoms with van der Waals surface area (Å²) in [5.74, 6) is -2.86. The van der Waals surface area contributed by atoms with E-state index in [4.69, 9.17) is 5.73 Å². The first-order valence-corrected chi connectivity index (χ1v) is 14.0. The van der Waals surface area contributed by atoms with E-state index in [0.29, 0.717) is 0 Å². The minimum Gasteiger partial charge on any atom is -0.480 e. The summed E-state index contributed by atoms with van der Waals surface area (Å²) in [6.45, 7) is 5.29. The molecule has 0 spiro atoms. The summed E-state index contributed by atoms with van der Waals surface area (Å²) in [4.78, 5) is 57.4. The van der Waals surface area contributed by atoms with Crippen LogP contribution in [0.2, 0.25) is 0 Å². The van der Waals surface area contributed by atoms with Gasteiger partial charge in [0, 0.05) is 40.6 Å². The summed E-state index contributed by atoms with van der Waals surface area (Å²) >= 11 is 0. The number of aliphatic carboxylic acids is 1. The number of rotatable bonds is 13. The van der Waals surface area contributed by atoms with Crippen molar-refractivity contribution in [2.45, 2.75) is 64.2 Å². The quantitative estimate of drug-likeness (QED) is 0.129. The zero-order valence-corrected chi connectivity index (χ0v) is 23.9. The van der Waals surface area contributed by atoms with Gasteiger partial charge in [0.2, 0.25) is 17.7 Å². The van der Waals surface area contributed by atoms with Crippen molar-refractivity contribution >= 4 is 45.5 Å². The van der Waals surface area contributed by atoms with Gasteiger partial charge < -0.3 is 36.8 Å². The van der Waals surface area contributed by atoms with E-state index in [-0.39, 0.29) is 25.2 Å². The lowest BCUT2D eigenvalue weighted by Crippen LogP contribution is -2.57. The Hall–Kier alpha value is -4.64. The Bertz CT molecular complexity index is 1570. The molecule has 42 heavy (non-hydrogen) atoms. The van der Waals surface area contributed by atoms with Crippen LogP contribution in [0.4, 0.5) is 0 Å². The number of benzene rings is 2. The van der Waals surface area contributed by atoms with E-state index in [2.05, 4.69) is 25.9 Å². The number of hydrogen-bond acceptors (Lipinski definition) is 5. The number of aromatic nitrogens is 2. The Balaban J connectivity index is 1.37. The third kappa shape index (κ3) is 7.35. The van der Waals surface area contributed by atoms with Gasteiger partial charge in [-0.2, -0.15) is 0 Å². The maximum atomic E-state index is 13.3. The Labute approximate surface area is 243 Å². The number of amides is 3. The standard InChI is InChI=1S/C31H38N6O5/c1-17(2)12-26(30(40)37-27(31(41)42)14-20-16-34-25-11-7-5-9-22(20)25)36-28(38)18(3)35-29(39)23(32)13-19-15-33-24-10-6-4-8-21(19)24/h4-11,15-18,23,26-27,33-34H,12-14,32H2,1-3H3,(H,35,39)(H,36,38)(H,37,40)(H,41,42). The van der Waals surface area contributed by atoms with Gasteiger partial charge in [0.15, 0.2) is 0 Å². The maximum Gasteiger partial charge on any atom is 0.326 e. The molecule has 2 aromatic carbocycles. The van der Waals surface area contributed by atoms with Crippen molar-refractivity contribution in [1.82, 2.24) is 25.9 Å². The molecular weight excluding hydrogens is 536 g/mol. The van der Waals surface area contributed by atoms with Crippen LogP contribution >= 0.6 is 0 Å². The van der Waals surface area contributed by atoms with Crippen LogP contribution < -0.4 is 21.7 Å². The van der Waals surface area contributed by atoms with E-state index in [1.165, 1.54) is 6.92 Å². The van der Waals surface area contributed by atoms with Gasteiger partial charge in [-0.05, 0) is 48.9 Å². The molecule has 4 aromatic rings. The zero-order chi connectivity index (χ0) is 30.4. The smallest absolute Gasteiger partial charge is 0.326 e. The number of carbonyl (C=O) groups excluding carboxylic acids is 3. The highest BCUT2D eigenvalue weighted by Crippen LogP contribution is 2.20. The number of carboxylic acids is 1. The molecule has 0 aliphatic rings. The number of aromatic amines is 2. The molecule has 0 saturated heterocycles. The third-order valence-electron chi connectivity index (χ3n) is 7.26. The summed E-state index contributed by atoms with van der Waals surface area (Å²) < 4.78 is 0. The molecule has 0 bridgehead atoms. The Morgan fingerprint density at radius 3 is 1.81 bits per heavy atom. The van der Waals surface area contributed by atoms with Crippen molar-refractivity contribution in [3.8, 4) is 0 Å². The summed E-state index contributed by atoms with van der Waals surface area (Å²) in [5, 5.41) is 19.6. The van der Waals surface area contributed by atoms with Crippen LogP contribution in [-0.4, -0.2) is 62.9 Å². The summed E-state index contributed by atoms with van der Waals surface area (Å²) in [6, 6.07) is 11.1. The molecule has 2 aromatic heterocycles. The predicted octanol–water partition coefficient (Wildman–Crippen LogP) is 2.37. The van der Waals surface area contributed by atoms with Gasteiger partial charge in [-0.3, -0.25) is 14.4 Å². The third-order valence-corrected chi connectivity index (χ3v) is 7.26. The first-order valence-electron chi connectivity index (χ1n) is 14.0. The lowest BCUT2D eigenvalue weighted by atomic mass is 10.0. The molecule has 11 heteroatoms. The first kappa shape index (κ1) is 30.3. The highest BCUT2D eigenvalue weighted by Gasteiger charge is 2.30. The lowest BCUT2D eigenvalue weighted by Gasteiger charge is -2.25. The van der Waals surface area contributed by atoms with Crippen molar-refractivity contribution in [3.05, 3.63) is 72.1 Å². The van der Waals surface area contributed by atoms with Crippen LogP contribution in [0, 0.1) is 5.92 Å². The largest absolute Gasteiger partial charge is 0.480 e. The monoisotopic (exact) mass is 574 g/mol. The minimum absolute atomic E-state index is 0.0208. The van der Waals surface area contributed by atoms with Crippen molar-refractivity contribution in [2.75, 3.05) is 0 Å². The fourth-order valence-corrected chi connectivity index (χ4v) is 5.01. The van der Waals surface area contributed by atoms with Gasteiger partial charge >= 0.3 is 5.97 Å². The van der Waals surface area contributed by atoms with E-state index in [9.17, 15) is 24.3 Å². The summed E-state index contributed by atoms with van der Waals surface area (Å²) in [6.07, 6.45) is 4.15. The van der Waals surface area contributed by atoms with Crippen LogP contribution in [0.25, 0.3) is 21.8 Å². The number of carbonyl (C=O) groups is 4. The van der Waals surface area contributed by atoms with Gasteiger partial charge in [-0.25, -0.2) is 4.79 Å². The van der Waals surface area contributed by atoms with Crippen molar-refractivity contribution in [1.29, 1.82) is 0 Å². The second kappa shape index (κ2) is 13.3. The average molecular weight is 575 g/mol. The molecule has 0 saturated carbocycles. The van der Waals surface area contributed by atoms with E-state index < -0.39 is 47.9 Å². The van der Waals surface area contributed by atoms with E-state index in [1.54, 1.807) is 6.20 Å². The normalized spacial score (nSPS) is 14.3. The van der Waals surface area contributed by atoms with Crippen LogP contribution in [0.1, 0.15) is 38.3 Å². The number of H-pyrrole nitrogens is 2. The number of fused-ring (bicyclic) bond motifs is 2.